The van der Waals surface area contributed by atoms with E-state index >= 15 is 0 Å². The third-order valence-electron chi connectivity index (χ3n) is 2.27. The molecule has 0 saturated carbocycles. The molecule has 0 rings (SSSR count). The zero-order valence-electron chi connectivity index (χ0n) is 8.44. The van der Waals surface area contributed by atoms with Crippen molar-refractivity contribution < 1.29 is 56.2 Å². The van der Waals surface area contributed by atoms with Crippen molar-refractivity contribution in [3.63, 3.8) is 0 Å². The molecule has 0 aliphatic heterocycles. The summed E-state index contributed by atoms with van der Waals surface area (Å²) in [5, 5.41) is 0. The molecule has 3 heteroatoms. The Morgan fingerprint density at radius 3 is 1.82 bits per heavy atom. The van der Waals surface area contributed by atoms with E-state index in [9.17, 15) is 4.80 Å². The Morgan fingerprint density at radius 2 is 1.55 bits per heavy atom. The molecule has 1 nitrogen and oxygen atoms in total. The van der Waals surface area contributed by atoms with Crippen molar-refractivity contribution in [2.45, 2.75) is 51.7 Å². The van der Waals surface area contributed by atoms with E-state index in [-0.39, 0.29) is 51.4 Å². The van der Waals surface area contributed by atoms with Crippen LogP contribution in [0.15, 0.2) is 0 Å². The Morgan fingerprint density at radius 1 is 1.09 bits per heavy atom. The molecule has 0 aliphatic rings. The van der Waals surface area contributed by atoms with Crippen molar-refractivity contribution in [3.05, 3.63) is 0 Å². The maximum absolute atomic E-state index is 11.7. The van der Waals surface area contributed by atoms with Crippen LogP contribution in [0.4, 0.5) is 0 Å². The summed E-state index contributed by atoms with van der Waals surface area (Å²) in [6, 6.07) is 2.84. The second kappa shape index (κ2) is 8.41. The standard InChI is InChI=1S/C8H19OSi.K/c1-4-7-8-10(9,5-2)6-3;/h4-8H2,1-3H3;/q-1;+1. The Labute approximate surface area is 115 Å². The van der Waals surface area contributed by atoms with Gasteiger partial charge in [0.05, 0.1) is 0 Å². The van der Waals surface area contributed by atoms with Gasteiger partial charge in [-0.05, 0) is 8.32 Å². The Bertz CT molecular complexity index is 84.2. The van der Waals surface area contributed by atoms with E-state index in [1.54, 1.807) is 0 Å². The van der Waals surface area contributed by atoms with Crippen LogP contribution in [-0.4, -0.2) is 8.32 Å². The van der Waals surface area contributed by atoms with Crippen molar-refractivity contribution in [2.24, 2.45) is 0 Å². The van der Waals surface area contributed by atoms with Gasteiger partial charge in [-0.25, -0.2) is 0 Å². The van der Waals surface area contributed by atoms with Crippen molar-refractivity contribution in [1.29, 1.82) is 0 Å². The number of hydrogen-bond acceptors (Lipinski definition) is 1. The van der Waals surface area contributed by atoms with Crippen LogP contribution in [0.25, 0.3) is 0 Å². The van der Waals surface area contributed by atoms with Crippen LogP contribution in [-0.2, 0) is 0 Å². The summed E-state index contributed by atoms with van der Waals surface area (Å²) < 4.78 is 0. The topological polar surface area (TPSA) is 23.1 Å². The first-order chi connectivity index (χ1) is 4.68. The molecule has 11 heavy (non-hydrogen) atoms. The van der Waals surface area contributed by atoms with E-state index < -0.39 is 8.32 Å². The summed E-state index contributed by atoms with van der Waals surface area (Å²) >= 11 is 0. The van der Waals surface area contributed by atoms with E-state index in [1.165, 1.54) is 6.42 Å². The van der Waals surface area contributed by atoms with Crippen molar-refractivity contribution in [3.8, 4) is 0 Å². The van der Waals surface area contributed by atoms with Gasteiger partial charge < -0.3 is 4.80 Å². The average molecular weight is 198 g/mol. The van der Waals surface area contributed by atoms with Crippen LogP contribution in [0.2, 0.25) is 18.1 Å². The fraction of sp³-hybridized carbons (Fsp3) is 1.00. The predicted molar refractivity (Wildman–Crippen MR) is 46.4 cm³/mol. The zero-order chi connectivity index (χ0) is 8.04. The minimum Gasteiger partial charge on any atom is -0.858 e. The van der Waals surface area contributed by atoms with Crippen molar-refractivity contribution in [1.82, 2.24) is 0 Å². The number of unbranched alkanes of at least 4 members (excludes halogenated alkanes) is 1. The quantitative estimate of drug-likeness (QED) is 0.527. The van der Waals surface area contributed by atoms with E-state index in [4.69, 9.17) is 0 Å². The summed E-state index contributed by atoms with van der Waals surface area (Å²) in [6.45, 7) is 6.26. The molecule has 0 aliphatic carbocycles. The zero-order valence-corrected chi connectivity index (χ0v) is 12.6. The van der Waals surface area contributed by atoms with Gasteiger partial charge in [-0.1, -0.05) is 51.7 Å². The molecule has 0 spiro atoms. The van der Waals surface area contributed by atoms with Crippen molar-refractivity contribution >= 4 is 8.32 Å². The molecule has 0 aromatic heterocycles. The minimum atomic E-state index is -1.97. The fourth-order valence-corrected chi connectivity index (χ4v) is 3.31. The summed E-state index contributed by atoms with van der Waals surface area (Å²) in [7, 11) is -1.97. The molecule has 0 heterocycles. The van der Waals surface area contributed by atoms with Gasteiger partial charge in [0.25, 0.3) is 0 Å². The maximum Gasteiger partial charge on any atom is 1.00 e. The molecule has 0 atom stereocenters. The summed E-state index contributed by atoms with van der Waals surface area (Å²) in [5.41, 5.74) is 0. The van der Waals surface area contributed by atoms with Gasteiger partial charge in [-0.3, -0.25) is 0 Å². The number of hydrogen-bond donors (Lipinski definition) is 0. The molecular weight excluding hydrogens is 179 g/mol. The van der Waals surface area contributed by atoms with Crippen LogP contribution < -0.4 is 56.2 Å². The Hall–Kier alpha value is 1.81. The molecule has 0 aromatic rings. The molecule has 0 unspecified atom stereocenters. The first-order valence-corrected chi connectivity index (χ1v) is 6.92. The monoisotopic (exact) mass is 198 g/mol. The third-order valence-corrected chi connectivity index (χ3v) is 6.12. The van der Waals surface area contributed by atoms with Gasteiger partial charge in [0.2, 0.25) is 0 Å². The fourth-order valence-electron chi connectivity index (χ4n) is 1.10. The van der Waals surface area contributed by atoms with Crippen molar-refractivity contribution in [2.75, 3.05) is 0 Å². The second-order valence-corrected chi connectivity index (χ2v) is 7.27. The molecule has 0 aromatic carbocycles. The second-order valence-electron chi connectivity index (χ2n) is 2.99. The number of rotatable bonds is 5. The van der Waals surface area contributed by atoms with Gasteiger partial charge in [0, 0.05) is 0 Å². The molecule has 0 saturated heterocycles. The van der Waals surface area contributed by atoms with Crippen LogP contribution >= 0.6 is 0 Å². The van der Waals surface area contributed by atoms with Gasteiger partial charge in [-0.15, -0.1) is 0 Å². The van der Waals surface area contributed by atoms with Gasteiger partial charge in [0.1, 0.15) is 0 Å². The van der Waals surface area contributed by atoms with Gasteiger partial charge >= 0.3 is 51.4 Å². The van der Waals surface area contributed by atoms with E-state index in [1.807, 2.05) is 0 Å². The van der Waals surface area contributed by atoms with Crippen LogP contribution in [0.1, 0.15) is 33.6 Å². The van der Waals surface area contributed by atoms with E-state index in [2.05, 4.69) is 20.8 Å². The SMILES string of the molecule is CCCC[Si]([O-])(CC)CC.[K+]. The Kier molecular flexibility index (Phi) is 11.7. The van der Waals surface area contributed by atoms with Gasteiger partial charge in [0.15, 0.2) is 0 Å². The van der Waals surface area contributed by atoms with Gasteiger partial charge in [-0.2, -0.15) is 0 Å². The molecule has 0 fully saturated rings. The minimum absolute atomic E-state index is 0. The summed E-state index contributed by atoms with van der Waals surface area (Å²) in [5.74, 6) is 0. The van der Waals surface area contributed by atoms with Crippen LogP contribution in [0.3, 0.4) is 0 Å². The molecule has 0 bridgehead atoms. The van der Waals surface area contributed by atoms with Crippen LogP contribution in [0, 0.1) is 0 Å². The van der Waals surface area contributed by atoms with Crippen LogP contribution in [0.5, 0.6) is 0 Å². The summed E-state index contributed by atoms with van der Waals surface area (Å²) in [6.07, 6.45) is 2.33. The smallest absolute Gasteiger partial charge is 0.858 e. The largest absolute Gasteiger partial charge is 1.00 e. The predicted octanol–water partition coefficient (Wildman–Crippen LogP) is -0.864. The van der Waals surface area contributed by atoms with E-state index in [0.29, 0.717) is 0 Å². The third kappa shape index (κ3) is 6.93. The Balaban J connectivity index is 0. The molecule has 62 valence electrons. The average Bonchev–Trinajstić information content (AvgIpc) is 2.00. The normalized spacial score (nSPS) is 10.9. The first kappa shape index (κ1) is 15.3. The molecular formula is C8H19KOSi. The maximum atomic E-state index is 11.7. The molecule has 0 amide bonds. The molecule has 0 N–H and O–H groups in total. The van der Waals surface area contributed by atoms with E-state index in [0.717, 1.165) is 24.6 Å². The molecule has 0 radical (unpaired) electrons. The first-order valence-electron chi connectivity index (χ1n) is 4.39. The summed E-state index contributed by atoms with van der Waals surface area (Å²) in [4.78, 5) is 11.7.